The molecule has 3 aromatic rings. The van der Waals surface area contributed by atoms with E-state index in [0.29, 0.717) is 17.2 Å². The number of hydrogen-bond donors (Lipinski definition) is 6. The first kappa shape index (κ1) is 27.0. The third-order valence-electron chi connectivity index (χ3n) is 3.61. The van der Waals surface area contributed by atoms with Gasteiger partial charge in [-0.25, -0.2) is 23.4 Å². The van der Waals surface area contributed by atoms with E-state index in [0.717, 1.165) is 30.2 Å². The lowest BCUT2D eigenvalue weighted by atomic mass is 10.3. The maximum absolute atomic E-state index is 11.6. The second-order valence-corrected chi connectivity index (χ2v) is 11.2. The summed E-state index contributed by atoms with van der Waals surface area (Å²) >= 11 is 1.50. The lowest BCUT2D eigenvalue weighted by Crippen LogP contribution is -2.28. The van der Waals surface area contributed by atoms with E-state index >= 15 is 0 Å². The van der Waals surface area contributed by atoms with Crippen LogP contribution in [0, 0.1) is 0 Å². The van der Waals surface area contributed by atoms with Gasteiger partial charge in [0.2, 0.25) is 32.2 Å². The Morgan fingerprint density at radius 1 is 1.09 bits per heavy atom. The Bertz CT molecular complexity index is 1360. The molecule has 21 heteroatoms. The molecular formula is C14H17N9O8S4. The highest BCUT2D eigenvalue weighted by Gasteiger charge is 2.17. The van der Waals surface area contributed by atoms with Crippen molar-refractivity contribution in [2.24, 2.45) is 0 Å². The summed E-state index contributed by atoms with van der Waals surface area (Å²) in [5.74, 6) is -0.0261. The molecule has 190 valence electrons. The normalized spacial score (nSPS) is 12.0. The average molecular weight is 568 g/mol. The van der Waals surface area contributed by atoms with Gasteiger partial charge in [0.05, 0.1) is 33.8 Å². The molecule has 1 aromatic carbocycles. The van der Waals surface area contributed by atoms with Gasteiger partial charge in [-0.15, -0.1) is 9.43 Å². The molecule has 35 heavy (non-hydrogen) atoms. The van der Waals surface area contributed by atoms with Crippen LogP contribution in [-0.2, 0) is 29.5 Å². The molecular weight excluding hydrogens is 550 g/mol. The minimum Gasteiger partial charge on any atom is -0.353 e. The number of hydrogen-bond acceptors (Lipinski definition) is 16. The Balaban J connectivity index is 1.91. The predicted molar refractivity (Wildman–Crippen MR) is 122 cm³/mol. The van der Waals surface area contributed by atoms with E-state index in [1.807, 2.05) is 0 Å². The summed E-state index contributed by atoms with van der Waals surface area (Å²) < 4.78 is 61.7. The zero-order valence-electron chi connectivity index (χ0n) is 17.4. The maximum atomic E-state index is 11.6. The van der Waals surface area contributed by atoms with Crippen molar-refractivity contribution >= 4 is 61.5 Å². The summed E-state index contributed by atoms with van der Waals surface area (Å²) in [6.45, 7) is 0.175. The van der Waals surface area contributed by atoms with E-state index in [-0.39, 0.29) is 40.7 Å². The fourth-order valence-electron chi connectivity index (χ4n) is 2.29. The molecule has 2 heterocycles. The van der Waals surface area contributed by atoms with Crippen LogP contribution in [-0.4, -0.2) is 76.1 Å². The van der Waals surface area contributed by atoms with Crippen molar-refractivity contribution in [2.75, 3.05) is 30.0 Å². The first-order valence-corrected chi connectivity index (χ1v) is 13.9. The molecule has 0 saturated carbocycles. The minimum atomic E-state index is -4.55. The molecule has 0 spiro atoms. The SMILES string of the molecule is CS(=O)(=O)NCCNc1nc(Nc2cc(S(=O)(=O)O)ccc2SOOO)nc(Sc2nc[nH]n2)n1. The number of nitrogens with zero attached hydrogens (tertiary/aromatic N) is 5. The summed E-state index contributed by atoms with van der Waals surface area (Å²) in [5.41, 5.74) is 0.0620. The number of anilines is 3. The van der Waals surface area contributed by atoms with E-state index in [1.54, 1.807) is 0 Å². The number of sulfonamides is 1. The van der Waals surface area contributed by atoms with E-state index in [2.05, 4.69) is 54.9 Å². The summed E-state index contributed by atoms with van der Waals surface area (Å²) in [6.07, 6.45) is 2.37. The summed E-state index contributed by atoms with van der Waals surface area (Å²) in [6, 6.07) is 3.45. The monoisotopic (exact) mass is 567 g/mol. The molecule has 0 aliphatic heterocycles. The lowest BCUT2D eigenvalue weighted by Gasteiger charge is -2.12. The summed E-state index contributed by atoms with van der Waals surface area (Å²) in [4.78, 5) is 16.4. The molecule has 0 aliphatic rings. The van der Waals surface area contributed by atoms with Crippen molar-refractivity contribution < 1.29 is 36.0 Å². The second kappa shape index (κ2) is 11.9. The zero-order valence-corrected chi connectivity index (χ0v) is 20.7. The van der Waals surface area contributed by atoms with Crippen LogP contribution in [0.3, 0.4) is 0 Å². The van der Waals surface area contributed by atoms with Crippen molar-refractivity contribution in [1.29, 1.82) is 0 Å². The molecule has 0 bridgehead atoms. The molecule has 0 unspecified atom stereocenters. The quantitative estimate of drug-likeness (QED) is 0.0541. The number of nitrogens with one attached hydrogen (secondary N) is 4. The fraction of sp³-hybridized carbons (Fsp3) is 0.214. The van der Waals surface area contributed by atoms with Gasteiger partial charge in [0.15, 0.2) is 0 Å². The minimum absolute atomic E-state index is 0.0471. The number of H-pyrrole nitrogens is 1. The molecule has 0 saturated heterocycles. The zero-order chi connectivity index (χ0) is 25.5. The number of benzene rings is 1. The molecule has 0 fully saturated rings. The van der Waals surface area contributed by atoms with Crippen LogP contribution in [0.5, 0.6) is 0 Å². The Morgan fingerprint density at radius 2 is 1.86 bits per heavy atom. The molecule has 2 aromatic heterocycles. The Labute approximate surface area is 206 Å². The average Bonchev–Trinajstić information content (AvgIpc) is 3.27. The van der Waals surface area contributed by atoms with Gasteiger partial charge in [-0.1, -0.05) is 5.04 Å². The third kappa shape index (κ3) is 8.83. The molecule has 0 amide bonds. The molecule has 6 N–H and O–H groups in total. The highest BCUT2D eigenvalue weighted by Crippen LogP contribution is 2.32. The molecule has 0 atom stereocenters. The van der Waals surface area contributed by atoms with Gasteiger partial charge in [-0.3, -0.25) is 9.65 Å². The molecule has 3 rings (SSSR count). The van der Waals surface area contributed by atoms with Crippen molar-refractivity contribution in [3.63, 3.8) is 0 Å². The van der Waals surface area contributed by atoms with E-state index in [9.17, 15) is 21.4 Å². The Kier molecular flexibility index (Phi) is 9.15. The van der Waals surface area contributed by atoms with Gasteiger partial charge in [0.25, 0.3) is 10.1 Å². The smallest absolute Gasteiger partial charge is 0.294 e. The molecule has 0 radical (unpaired) electrons. The van der Waals surface area contributed by atoms with Crippen LogP contribution in [0.15, 0.2) is 44.6 Å². The van der Waals surface area contributed by atoms with Gasteiger partial charge in [0.1, 0.15) is 6.33 Å². The van der Waals surface area contributed by atoms with Crippen molar-refractivity contribution in [3.05, 3.63) is 24.5 Å². The standard InChI is InChI=1S/C14H17N9O8S4/c1-34(25,26)18-5-4-15-11-20-12(22-14(21-11)32-13-16-7-17-23-13)19-9-6-8(35(27,28)29)2-3-10(9)33-31-30-24/h2-3,6-7,18,24H,4-5H2,1H3,(H,16,17,23)(H,27,28,29)(H2,15,19,20,21,22). The van der Waals surface area contributed by atoms with Gasteiger partial charge in [0, 0.05) is 13.1 Å². The maximum Gasteiger partial charge on any atom is 0.294 e. The number of aromatic nitrogens is 6. The van der Waals surface area contributed by atoms with E-state index in [4.69, 9.17) is 5.26 Å². The van der Waals surface area contributed by atoms with Crippen LogP contribution < -0.4 is 15.4 Å². The topological polar surface area (TPSA) is 244 Å². The first-order chi connectivity index (χ1) is 16.5. The van der Waals surface area contributed by atoms with E-state index < -0.39 is 25.0 Å². The van der Waals surface area contributed by atoms with Gasteiger partial charge in [-0.2, -0.15) is 23.4 Å². The highest BCUT2D eigenvalue weighted by molar-refractivity contribution is 7.99. The summed E-state index contributed by atoms with van der Waals surface area (Å²) in [7, 11) is -7.94. The van der Waals surface area contributed by atoms with Crippen molar-refractivity contribution in [2.45, 2.75) is 20.1 Å². The lowest BCUT2D eigenvalue weighted by molar-refractivity contribution is -0.432. The Morgan fingerprint density at radius 3 is 2.51 bits per heavy atom. The molecule has 17 nitrogen and oxygen atoms in total. The third-order valence-corrected chi connectivity index (χ3v) is 6.60. The predicted octanol–water partition coefficient (Wildman–Crippen LogP) is 0.521. The highest BCUT2D eigenvalue weighted by atomic mass is 32.2. The summed E-state index contributed by atoms with van der Waals surface area (Å²) in [5, 5.41) is 24.5. The van der Waals surface area contributed by atoms with Crippen LogP contribution in [0.1, 0.15) is 0 Å². The Hall–Kier alpha value is -2.63. The van der Waals surface area contributed by atoms with Crippen molar-refractivity contribution in [3.8, 4) is 0 Å². The fourth-order valence-corrected chi connectivity index (χ4v) is 4.33. The van der Waals surface area contributed by atoms with Crippen LogP contribution in [0.4, 0.5) is 17.6 Å². The van der Waals surface area contributed by atoms with Crippen LogP contribution >= 0.6 is 23.8 Å². The molecule has 0 aliphatic carbocycles. The van der Waals surface area contributed by atoms with Gasteiger partial charge in [-0.05, 0) is 30.0 Å². The van der Waals surface area contributed by atoms with E-state index in [1.165, 1.54) is 12.4 Å². The largest absolute Gasteiger partial charge is 0.353 e. The van der Waals surface area contributed by atoms with Crippen molar-refractivity contribution in [1.82, 2.24) is 34.9 Å². The van der Waals surface area contributed by atoms with Gasteiger partial charge < -0.3 is 10.6 Å². The first-order valence-electron chi connectivity index (χ1n) is 9.05. The number of rotatable bonds is 13. The van der Waals surface area contributed by atoms with Gasteiger partial charge >= 0.3 is 0 Å². The van der Waals surface area contributed by atoms with Crippen LogP contribution in [0.2, 0.25) is 0 Å². The number of aromatic amines is 1. The van der Waals surface area contributed by atoms with Crippen LogP contribution in [0.25, 0.3) is 0 Å². The second-order valence-electron chi connectivity index (χ2n) is 6.23.